The molecule has 5 heteroatoms. The van der Waals surface area contributed by atoms with E-state index in [0.717, 1.165) is 11.3 Å². The Labute approximate surface area is 135 Å². The number of rotatable bonds is 7. The Morgan fingerprint density at radius 1 is 1.09 bits per heavy atom. The molecular formula is C18H21NO4. The van der Waals surface area contributed by atoms with Gasteiger partial charge in [-0.05, 0) is 43.3 Å². The average Bonchev–Trinajstić information content (AvgIpc) is 2.59. The first-order valence-corrected chi connectivity index (χ1v) is 7.38. The van der Waals surface area contributed by atoms with Crippen LogP contribution in [-0.2, 0) is 0 Å². The molecule has 0 aliphatic heterocycles. The molecule has 0 spiro atoms. The summed E-state index contributed by atoms with van der Waals surface area (Å²) in [6.45, 7) is 2.19. The summed E-state index contributed by atoms with van der Waals surface area (Å²) in [5.74, 6) is 1.16. The minimum Gasteiger partial charge on any atom is -0.497 e. The molecule has 1 amide bonds. The van der Waals surface area contributed by atoms with E-state index in [1.165, 1.54) is 0 Å². The number of benzene rings is 2. The summed E-state index contributed by atoms with van der Waals surface area (Å²) in [5, 5.41) is 12.6. The highest BCUT2D eigenvalue weighted by Crippen LogP contribution is 2.17. The van der Waals surface area contributed by atoms with Crippen LogP contribution < -0.4 is 14.8 Å². The van der Waals surface area contributed by atoms with Gasteiger partial charge in [0.2, 0.25) is 0 Å². The van der Waals surface area contributed by atoms with Crippen molar-refractivity contribution in [1.82, 2.24) is 5.32 Å². The van der Waals surface area contributed by atoms with Crippen molar-refractivity contribution in [2.75, 3.05) is 20.3 Å². The Kier molecular flexibility index (Phi) is 6.00. The summed E-state index contributed by atoms with van der Waals surface area (Å²) < 4.78 is 10.5. The molecule has 122 valence electrons. The van der Waals surface area contributed by atoms with Crippen molar-refractivity contribution in [3.8, 4) is 11.5 Å². The fourth-order valence-electron chi connectivity index (χ4n) is 1.94. The zero-order valence-corrected chi connectivity index (χ0v) is 13.3. The number of amides is 1. The second kappa shape index (κ2) is 8.19. The molecule has 2 aromatic rings. The van der Waals surface area contributed by atoms with Crippen LogP contribution in [-0.4, -0.2) is 37.4 Å². The van der Waals surface area contributed by atoms with E-state index >= 15 is 0 Å². The van der Waals surface area contributed by atoms with Crippen molar-refractivity contribution in [1.29, 1.82) is 0 Å². The highest BCUT2D eigenvalue weighted by Gasteiger charge is 2.09. The zero-order valence-electron chi connectivity index (χ0n) is 13.3. The van der Waals surface area contributed by atoms with Gasteiger partial charge >= 0.3 is 0 Å². The Bertz CT molecular complexity index is 622. The second-order valence-electron chi connectivity index (χ2n) is 5.22. The van der Waals surface area contributed by atoms with Crippen molar-refractivity contribution in [2.45, 2.75) is 13.0 Å². The van der Waals surface area contributed by atoms with Crippen LogP contribution in [0.5, 0.6) is 11.5 Å². The second-order valence-corrected chi connectivity index (χ2v) is 5.22. The maximum Gasteiger partial charge on any atom is 0.251 e. The Balaban J connectivity index is 1.74. The summed E-state index contributed by atoms with van der Waals surface area (Å²) in [5.41, 5.74) is 1.66. The highest BCUT2D eigenvalue weighted by atomic mass is 16.5. The molecule has 0 saturated carbocycles. The zero-order chi connectivity index (χ0) is 16.7. The van der Waals surface area contributed by atoms with Gasteiger partial charge in [-0.25, -0.2) is 0 Å². The molecule has 0 unspecified atom stereocenters. The topological polar surface area (TPSA) is 67.8 Å². The number of methoxy groups -OCH3 is 1. The predicted octanol–water partition coefficient (Wildman–Crippen LogP) is 2.17. The van der Waals surface area contributed by atoms with Crippen LogP contribution in [0.3, 0.4) is 0 Å². The minimum atomic E-state index is -0.786. The van der Waals surface area contributed by atoms with Crippen LogP contribution in [0.15, 0.2) is 48.5 Å². The summed E-state index contributed by atoms with van der Waals surface area (Å²) >= 11 is 0. The molecular weight excluding hydrogens is 294 g/mol. The molecule has 0 bridgehead atoms. The molecule has 23 heavy (non-hydrogen) atoms. The van der Waals surface area contributed by atoms with Crippen LogP contribution >= 0.6 is 0 Å². The maximum absolute atomic E-state index is 11.9. The lowest BCUT2D eigenvalue weighted by Crippen LogP contribution is -2.35. The third kappa shape index (κ3) is 5.30. The molecule has 5 nitrogen and oxygen atoms in total. The van der Waals surface area contributed by atoms with E-state index in [-0.39, 0.29) is 19.1 Å². The monoisotopic (exact) mass is 315 g/mol. The molecule has 2 aromatic carbocycles. The van der Waals surface area contributed by atoms with E-state index in [4.69, 9.17) is 9.47 Å². The minimum absolute atomic E-state index is 0.0977. The number of hydrogen-bond donors (Lipinski definition) is 2. The van der Waals surface area contributed by atoms with Crippen molar-refractivity contribution >= 4 is 5.91 Å². The smallest absolute Gasteiger partial charge is 0.251 e. The van der Waals surface area contributed by atoms with Crippen LogP contribution in [0, 0.1) is 6.92 Å². The first-order chi connectivity index (χ1) is 11.1. The Hall–Kier alpha value is -2.53. The van der Waals surface area contributed by atoms with Gasteiger partial charge in [0.25, 0.3) is 5.91 Å². The fourth-order valence-corrected chi connectivity index (χ4v) is 1.94. The summed E-state index contributed by atoms with van der Waals surface area (Å²) in [4.78, 5) is 11.9. The number of aryl methyl sites for hydroxylation is 1. The molecule has 0 fully saturated rings. The molecule has 2 rings (SSSR count). The number of carbonyl (C=O) groups excluding carboxylic acids is 1. The normalized spacial score (nSPS) is 11.6. The van der Waals surface area contributed by atoms with Crippen LogP contribution in [0.2, 0.25) is 0 Å². The predicted molar refractivity (Wildman–Crippen MR) is 88.0 cm³/mol. The van der Waals surface area contributed by atoms with Crippen LogP contribution in [0.1, 0.15) is 15.9 Å². The first-order valence-electron chi connectivity index (χ1n) is 7.38. The number of carbonyl (C=O) groups is 1. The molecule has 0 radical (unpaired) electrons. The summed E-state index contributed by atoms with van der Waals surface area (Å²) in [6.07, 6.45) is -0.786. The third-order valence-corrected chi connectivity index (χ3v) is 3.31. The van der Waals surface area contributed by atoms with Crippen molar-refractivity contribution < 1.29 is 19.4 Å². The number of nitrogens with one attached hydrogen (secondary N) is 1. The van der Waals surface area contributed by atoms with Gasteiger partial charge in [0.05, 0.1) is 7.11 Å². The lowest BCUT2D eigenvalue weighted by atomic mass is 10.1. The SMILES string of the molecule is COc1ccc(OC[C@@H](O)CNC(=O)c2ccc(C)cc2)cc1. The molecule has 1 atom stereocenters. The number of ether oxygens (including phenoxy) is 2. The lowest BCUT2D eigenvalue weighted by Gasteiger charge is -2.13. The van der Waals surface area contributed by atoms with E-state index in [9.17, 15) is 9.90 Å². The molecule has 0 aromatic heterocycles. The summed E-state index contributed by atoms with van der Waals surface area (Å²) in [7, 11) is 1.59. The van der Waals surface area contributed by atoms with E-state index in [1.54, 1.807) is 43.5 Å². The summed E-state index contributed by atoms with van der Waals surface area (Å²) in [6, 6.07) is 14.3. The van der Waals surface area contributed by atoms with E-state index in [0.29, 0.717) is 11.3 Å². The van der Waals surface area contributed by atoms with Crippen molar-refractivity contribution in [3.63, 3.8) is 0 Å². The molecule has 0 aliphatic carbocycles. The van der Waals surface area contributed by atoms with Gasteiger partial charge in [0.1, 0.15) is 24.2 Å². The van der Waals surface area contributed by atoms with Gasteiger partial charge in [-0.3, -0.25) is 4.79 Å². The van der Waals surface area contributed by atoms with Gasteiger partial charge in [0, 0.05) is 12.1 Å². The fraction of sp³-hybridized carbons (Fsp3) is 0.278. The van der Waals surface area contributed by atoms with Gasteiger partial charge in [-0.15, -0.1) is 0 Å². The Morgan fingerprint density at radius 2 is 1.70 bits per heavy atom. The molecule has 0 heterocycles. The number of hydrogen-bond acceptors (Lipinski definition) is 4. The molecule has 2 N–H and O–H groups in total. The van der Waals surface area contributed by atoms with Crippen LogP contribution in [0.4, 0.5) is 0 Å². The van der Waals surface area contributed by atoms with E-state index in [2.05, 4.69) is 5.32 Å². The Morgan fingerprint density at radius 3 is 2.30 bits per heavy atom. The van der Waals surface area contributed by atoms with Crippen LogP contribution in [0.25, 0.3) is 0 Å². The quantitative estimate of drug-likeness (QED) is 0.822. The average molecular weight is 315 g/mol. The molecule has 0 aliphatic rings. The highest BCUT2D eigenvalue weighted by molar-refractivity contribution is 5.94. The lowest BCUT2D eigenvalue weighted by molar-refractivity contribution is 0.0843. The van der Waals surface area contributed by atoms with Gasteiger partial charge in [-0.2, -0.15) is 0 Å². The van der Waals surface area contributed by atoms with E-state index < -0.39 is 6.10 Å². The standard InChI is InChI=1S/C18H21NO4/c1-13-3-5-14(6-4-13)18(21)19-11-15(20)12-23-17-9-7-16(22-2)8-10-17/h3-10,15,20H,11-12H2,1-2H3,(H,19,21)/t15-/m0/s1. The van der Waals surface area contributed by atoms with Gasteiger partial charge < -0.3 is 19.9 Å². The van der Waals surface area contributed by atoms with Crippen molar-refractivity contribution in [2.24, 2.45) is 0 Å². The van der Waals surface area contributed by atoms with Gasteiger partial charge in [-0.1, -0.05) is 17.7 Å². The largest absolute Gasteiger partial charge is 0.497 e. The third-order valence-electron chi connectivity index (χ3n) is 3.31. The first kappa shape index (κ1) is 16.8. The van der Waals surface area contributed by atoms with Gasteiger partial charge in [0.15, 0.2) is 0 Å². The maximum atomic E-state index is 11.9. The van der Waals surface area contributed by atoms with E-state index in [1.807, 2.05) is 19.1 Å². The molecule has 0 saturated heterocycles. The number of aliphatic hydroxyl groups is 1. The number of aliphatic hydroxyl groups excluding tert-OH is 1. The van der Waals surface area contributed by atoms with Crippen molar-refractivity contribution in [3.05, 3.63) is 59.7 Å².